The summed E-state index contributed by atoms with van der Waals surface area (Å²) >= 11 is 0. The summed E-state index contributed by atoms with van der Waals surface area (Å²) in [5.41, 5.74) is 0.702. The summed E-state index contributed by atoms with van der Waals surface area (Å²) in [6.07, 6.45) is 11.4. The van der Waals surface area contributed by atoms with Crippen LogP contribution in [0.4, 0.5) is 0 Å². The molecule has 0 N–H and O–H groups in total. The van der Waals surface area contributed by atoms with E-state index in [4.69, 9.17) is 9.47 Å². The Hall–Kier alpha value is -2.62. The number of carbonyl (C=O) groups is 2. The molecule has 4 nitrogen and oxygen atoms in total. The van der Waals surface area contributed by atoms with Gasteiger partial charge in [-0.25, -0.2) is 9.59 Å². The molecule has 4 heteroatoms. The van der Waals surface area contributed by atoms with Gasteiger partial charge in [-0.2, -0.15) is 0 Å². The lowest BCUT2D eigenvalue weighted by atomic mass is 10.2. The molecule has 0 aromatic rings. The van der Waals surface area contributed by atoms with Gasteiger partial charge in [0.1, 0.15) is 0 Å². The van der Waals surface area contributed by atoms with Gasteiger partial charge >= 0.3 is 11.9 Å². The van der Waals surface area contributed by atoms with Gasteiger partial charge in [0.2, 0.25) is 0 Å². The van der Waals surface area contributed by atoms with Crippen LogP contribution in [0.15, 0.2) is 73.4 Å². The van der Waals surface area contributed by atoms with Crippen molar-refractivity contribution in [2.75, 3.05) is 13.2 Å². The fourth-order valence-corrected chi connectivity index (χ4v) is 1.32. The number of hydrogen-bond donors (Lipinski definition) is 0. The van der Waals surface area contributed by atoms with E-state index in [0.717, 1.165) is 0 Å². The average molecular weight is 332 g/mol. The van der Waals surface area contributed by atoms with Gasteiger partial charge in [-0.05, 0) is 19.1 Å². The zero-order valence-corrected chi connectivity index (χ0v) is 14.9. The minimum Gasteiger partial charge on any atom is -0.462 e. The number of allylic oxidation sites excluding steroid dienone is 5. The molecule has 0 aliphatic carbocycles. The first-order valence-corrected chi connectivity index (χ1v) is 7.85. The van der Waals surface area contributed by atoms with Crippen molar-refractivity contribution in [2.45, 2.75) is 27.2 Å². The Labute approximate surface area is 145 Å². The third-order valence-electron chi connectivity index (χ3n) is 2.43. The van der Waals surface area contributed by atoms with E-state index >= 15 is 0 Å². The number of rotatable bonds is 10. The highest BCUT2D eigenvalue weighted by Crippen LogP contribution is 2.03. The summed E-state index contributed by atoms with van der Waals surface area (Å²) in [6, 6.07) is 0. The quantitative estimate of drug-likeness (QED) is 0.256. The van der Waals surface area contributed by atoms with Crippen LogP contribution in [0.5, 0.6) is 0 Å². The second-order valence-electron chi connectivity index (χ2n) is 4.04. The van der Waals surface area contributed by atoms with Crippen molar-refractivity contribution in [3.8, 4) is 0 Å². The Kier molecular flexibility index (Phi) is 16.5. The van der Waals surface area contributed by atoms with Crippen LogP contribution < -0.4 is 0 Å². The number of esters is 2. The third kappa shape index (κ3) is 11.0. The second kappa shape index (κ2) is 16.7. The van der Waals surface area contributed by atoms with Crippen LogP contribution in [0.2, 0.25) is 0 Å². The maximum atomic E-state index is 11.7. The lowest BCUT2D eigenvalue weighted by molar-refractivity contribution is -0.141. The Bertz CT molecular complexity index is 508. The molecule has 0 aromatic heterocycles. The molecule has 0 radical (unpaired) electrons. The van der Waals surface area contributed by atoms with E-state index in [1.807, 2.05) is 20.8 Å². The first kappa shape index (κ1) is 23.6. The van der Waals surface area contributed by atoms with Crippen LogP contribution in [0.3, 0.4) is 0 Å². The maximum Gasteiger partial charge on any atom is 0.338 e. The summed E-state index contributed by atoms with van der Waals surface area (Å²) in [4.78, 5) is 23.3. The van der Waals surface area contributed by atoms with Crippen molar-refractivity contribution in [2.24, 2.45) is 0 Å². The molecule has 0 atom stereocenters. The number of ether oxygens (including phenoxy) is 2. The number of carbonyl (C=O) groups excluding carboxylic acids is 2. The lowest BCUT2D eigenvalue weighted by Gasteiger charge is -2.06. The molecule has 0 bridgehead atoms. The van der Waals surface area contributed by atoms with Crippen LogP contribution in [0.1, 0.15) is 27.2 Å². The topological polar surface area (TPSA) is 52.6 Å². The molecule has 0 aromatic carbocycles. The molecule has 0 amide bonds. The summed E-state index contributed by atoms with van der Waals surface area (Å²) in [5, 5.41) is 0. The molecule has 0 saturated heterocycles. The standard InChI is InChI=1S/C18H22O4.C2H6/c1-5-9-12-16(8-4)18(20)22-14-10-13-21-17(19)15(7-3)11-6-2;1-2/h5-9,11-12H,2-4,10,13-14H2,1H3;1-2H3/b9-5-,15-11+,16-12+;. The van der Waals surface area contributed by atoms with Crippen molar-refractivity contribution >= 4 is 11.9 Å². The molecule has 0 aliphatic heterocycles. The van der Waals surface area contributed by atoms with Gasteiger partial charge in [0, 0.05) is 6.42 Å². The van der Waals surface area contributed by atoms with Crippen LogP contribution in [0.25, 0.3) is 0 Å². The smallest absolute Gasteiger partial charge is 0.338 e. The fraction of sp³-hybridized carbons (Fsp3) is 0.300. The molecule has 0 spiro atoms. The van der Waals surface area contributed by atoms with Gasteiger partial charge < -0.3 is 9.47 Å². The van der Waals surface area contributed by atoms with E-state index in [2.05, 4.69) is 19.7 Å². The molecule has 0 rings (SSSR count). The van der Waals surface area contributed by atoms with Crippen molar-refractivity contribution < 1.29 is 19.1 Å². The summed E-state index contributed by atoms with van der Waals surface area (Å²) < 4.78 is 10.1. The third-order valence-corrected chi connectivity index (χ3v) is 2.43. The molecule has 132 valence electrons. The van der Waals surface area contributed by atoms with Crippen molar-refractivity contribution in [1.82, 2.24) is 0 Å². The van der Waals surface area contributed by atoms with Crippen molar-refractivity contribution in [3.63, 3.8) is 0 Å². The van der Waals surface area contributed by atoms with Crippen molar-refractivity contribution in [3.05, 3.63) is 73.4 Å². The lowest BCUT2D eigenvalue weighted by Crippen LogP contribution is -2.12. The second-order valence-corrected chi connectivity index (χ2v) is 4.04. The van der Waals surface area contributed by atoms with E-state index in [1.165, 1.54) is 24.3 Å². The van der Waals surface area contributed by atoms with Gasteiger partial charge in [-0.3, -0.25) is 0 Å². The highest BCUT2D eigenvalue weighted by molar-refractivity contribution is 5.92. The Balaban J connectivity index is 0. The maximum absolute atomic E-state index is 11.7. The van der Waals surface area contributed by atoms with E-state index in [-0.39, 0.29) is 13.2 Å². The minimum absolute atomic E-state index is 0.149. The SMILES string of the molecule is C=C/C=C(\C=C)C(=O)OCCCOC(=O)/C(C=C)=C/C=C\C.CC. The number of hydrogen-bond acceptors (Lipinski definition) is 4. The summed E-state index contributed by atoms with van der Waals surface area (Å²) in [7, 11) is 0. The molecule has 0 fully saturated rings. The van der Waals surface area contributed by atoms with Gasteiger partial charge in [0.05, 0.1) is 24.4 Å². The fourth-order valence-electron chi connectivity index (χ4n) is 1.32. The van der Waals surface area contributed by atoms with Crippen LogP contribution in [-0.2, 0) is 19.1 Å². The van der Waals surface area contributed by atoms with E-state index < -0.39 is 11.9 Å². The van der Waals surface area contributed by atoms with Crippen LogP contribution in [-0.4, -0.2) is 25.2 Å². The predicted octanol–water partition coefficient (Wildman–Crippen LogP) is 4.48. The monoisotopic (exact) mass is 332 g/mol. The summed E-state index contributed by atoms with van der Waals surface area (Å²) in [6.45, 7) is 16.7. The van der Waals surface area contributed by atoms with Gasteiger partial charge in [-0.1, -0.05) is 64.0 Å². The highest BCUT2D eigenvalue weighted by atomic mass is 16.5. The van der Waals surface area contributed by atoms with Gasteiger partial charge in [-0.15, -0.1) is 0 Å². The van der Waals surface area contributed by atoms with Crippen LogP contribution >= 0.6 is 0 Å². The van der Waals surface area contributed by atoms with E-state index in [1.54, 1.807) is 18.2 Å². The zero-order valence-electron chi connectivity index (χ0n) is 14.9. The average Bonchev–Trinajstić information content (AvgIpc) is 2.61. The molecular weight excluding hydrogens is 304 g/mol. The molecule has 24 heavy (non-hydrogen) atoms. The first-order valence-electron chi connectivity index (χ1n) is 7.85. The van der Waals surface area contributed by atoms with Crippen LogP contribution in [0, 0.1) is 0 Å². The Morgan fingerprint density at radius 2 is 1.33 bits per heavy atom. The van der Waals surface area contributed by atoms with Gasteiger partial charge in [0.25, 0.3) is 0 Å². The van der Waals surface area contributed by atoms with E-state index in [9.17, 15) is 9.59 Å². The normalized spacial score (nSPS) is 11.1. The van der Waals surface area contributed by atoms with Crippen molar-refractivity contribution in [1.29, 1.82) is 0 Å². The Morgan fingerprint density at radius 3 is 1.71 bits per heavy atom. The highest BCUT2D eigenvalue weighted by Gasteiger charge is 2.08. The molecule has 0 heterocycles. The largest absolute Gasteiger partial charge is 0.462 e. The molecule has 0 saturated carbocycles. The predicted molar refractivity (Wildman–Crippen MR) is 99.5 cm³/mol. The zero-order chi connectivity index (χ0) is 18.8. The van der Waals surface area contributed by atoms with Gasteiger partial charge in [0.15, 0.2) is 0 Å². The van der Waals surface area contributed by atoms with E-state index in [0.29, 0.717) is 17.6 Å². The molecule has 0 unspecified atom stereocenters. The molecular formula is C20H28O4. The summed E-state index contributed by atoms with van der Waals surface area (Å²) in [5.74, 6) is -0.946. The molecule has 0 aliphatic rings. The Morgan fingerprint density at radius 1 is 0.875 bits per heavy atom. The first-order chi connectivity index (χ1) is 11.6. The minimum atomic E-state index is -0.485.